The SMILES string of the molecule is CCCCCCCCc1ccc(C(=C(CCCC)C(=C=[N+]=[N-])CCCCCC)c2ccc(CCCCCC)cc2)cc1. The van der Waals surface area contributed by atoms with Crippen molar-refractivity contribution in [3.63, 3.8) is 0 Å². The van der Waals surface area contributed by atoms with Crippen LogP contribution in [0.2, 0.25) is 0 Å². The second kappa shape index (κ2) is 22.9. The van der Waals surface area contributed by atoms with Crippen LogP contribution >= 0.6 is 0 Å². The standard InChI is InChI=1S/C40H60N2/c1-5-9-13-16-17-19-22-35-27-31-37(32-28-35)40(36-29-25-34(26-30-36)21-18-14-10-6-2)39(24-12-8-4)38(33-42-41)23-20-15-11-7-3/h25-32H,5-24H2,1-4H3. The van der Waals surface area contributed by atoms with Crippen LogP contribution in [0.1, 0.15) is 166 Å². The van der Waals surface area contributed by atoms with Gasteiger partial charge in [0.15, 0.2) is 0 Å². The fourth-order valence-electron chi connectivity index (χ4n) is 5.90. The summed E-state index contributed by atoms with van der Waals surface area (Å²) in [5, 5.41) is 0. The summed E-state index contributed by atoms with van der Waals surface area (Å²) in [6, 6.07) is 18.6. The summed E-state index contributed by atoms with van der Waals surface area (Å²) in [6.07, 6.45) is 24.3. The minimum Gasteiger partial charge on any atom is -0.348 e. The maximum atomic E-state index is 9.65. The fraction of sp³-hybridized carbons (Fsp3) is 0.600. The number of hydrogen-bond acceptors (Lipinski definition) is 0. The molecule has 2 rings (SSSR count). The molecule has 2 aromatic rings. The molecule has 0 atom stereocenters. The van der Waals surface area contributed by atoms with Gasteiger partial charge in [0, 0.05) is 0 Å². The predicted molar refractivity (Wildman–Crippen MR) is 184 cm³/mol. The summed E-state index contributed by atoms with van der Waals surface area (Å²) in [5.74, 6) is 3.04. The smallest absolute Gasteiger partial charge is 0.303 e. The molecule has 0 saturated heterocycles. The van der Waals surface area contributed by atoms with Crippen LogP contribution in [0.4, 0.5) is 0 Å². The minimum absolute atomic E-state index is 0.901. The Bertz CT molecular complexity index is 1090. The van der Waals surface area contributed by atoms with Crippen molar-refractivity contribution >= 4 is 11.4 Å². The molecular formula is C40H60N2. The summed E-state index contributed by atoms with van der Waals surface area (Å²) in [7, 11) is 0. The van der Waals surface area contributed by atoms with Crippen molar-refractivity contribution in [3.05, 3.63) is 87.5 Å². The molecule has 0 aliphatic carbocycles. The summed E-state index contributed by atoms with van der Waals surface area (Å²) in [5.41, 5.74) is 18.7. The molecule has 0 saturated carbocycles. The van der Waals surface area contributed by atoms with E-state index in [0.29, 0.717) is 0 Å². The molecule has 2 heteroatoms. The Kier molecular flexibility index (Phi) is 19.4. The molecular weight excluding hydrogens is 508 g/mol. The molecule has 0 aromatic heterocycles. The van der Waals surface area contributed by atoms with Gasteiger partial charge in [-0.25, -0.2) is 0 Å². The molecule has 0 bridgehead atoms. The van der Waals surface area contributed by atoms with Gasteiger partial charge in [-0.05, 0) is 84.8 Å². The third-order valence-electron chi connectivity index (χ3n) is 8.53. The molecule has 0 N–H and O–H groups in total. The monoisotopic (exact) mass is 568 g/mol. The lowest BCUT2D eigenvalue weighted by Gasteiger charge is -2.18. The highest BCUT2D eigenvalue weighted by atomic mass is 14.8. The first-order valence-corrected chi connectivity index (χ1v) is 17.6. The van der Waals surface area contributed by atoms with Crippen molar-refractivity contribution in [2.75, 3.05) is 0 Å². The van der Waals surface area contributed by atoms with Gasteiger partial charge >= 0.3 is 5.87 Å². The van der Waals surface area contributed by atoms with Gasteiger partial charge in [0.25, 0.3) is 0 Å². The zero-order chi connectivity index (χ0) is 30.3. The number of allylic oxidation sites excluding steroid dienone is 2. The highest BCUT2D eigenvalue weighted by molar-refractivity contribution is 5.87. The van der Waals surface area contributed by atoms with Gasteiger partial charge in [-0.2, -0.15) is 0 Å². The molecule has 0 spiro atoms. The van der Waals surface area contributed by atoms with E-state index in [1.807, 2.05) is 0 Å². The van der Waals surface area contributed by atoms with E-state index in [0.717, 1.165) is 50.5 Å². The van der Waals surface area contributed by atoms with Crippen molar-refractivity contribution in [3.8, 4) is 0 Å². The highest BCUT2D eigenvalue weighted by Gasteiger charge is 2.18. The lowest BCUT2D eigenvalue weighted by molar-refractivity contribution is 0.00739. The Morgan fingerprint density at radius 2 is 0.952 bits per heavy atom. The predicted octanol–water partition coefficient (Wildman–Crippen LogP) is 12.5. The van der Waals surface area contributed by atoms with Crippen LogP contribution in [0.5, 0.6) is 0 Å². The molecule has 42 heavy (non-hydrogen) atoms. The molecule has 0 amide bonds. The second-order valence-electron chi connectivity index (χ2n) is 12.2. The van der Waals surface area contributed by atoms with E-state index in [1.54, 1.807) is 0 Å². The first kappa shape index (κ1) is 35.5. The van der Waals surface area contributed by atoms with E-state index in [-0.39, 0.29) is 0 Å². The van der Waals surface area contributed by atoms with Gasteiger partial charge in [-0.3, -0.25) is 0 Å². The fourth-order valence-corrected chi connectivity index (χ4v) is 5.90. The third kappa shape index (κ3) is 13.5. The zero-order valence-electron chi connectivity index (χ0n) is 27.7. The number of rotatable bonds is 23. The quantitative estimate of drug-likeness (QED) is 0.0420. The molecule has 0 radical (unpaired) electrons. The Morgan fingerprint density at radius 3 is 1.43 bits per heavy atom. The molecule has 230 valence electrons. The van der Waals surface area contributed by atoms with Crippen LogP contribution < -0.4 is 0 Å². The van der Waals surface area contributed by atoms with Crippen molar-refractivity contribution in [2.45, 2.75) is 156 Å². The van der Waals surface area contributed by atoms with Crippen LogP contribution in [-0.4, -0.2) is 10.7 Å². The van der Waals surface area contributed by atoms with Crippen LogP contribution in [0.25, 0.3) is 11.1 Å². The summed E-state index contributed by atoms with van der Waals surface area (Å²) in [4.78, 5) is 3.45. The van der Waals surface area contributed by atoms with Gasteiger partial charge in [-0.1, -0.05) is 153 Å². The van der Waals surface area contributed by atoms with Gasteiger partial charge < -0.3 is 5.53 Å². The highest BCUT2D eigenvalue weighted by Crippen LogP contribution is 2.35. The van der Waals surface area contributed by atoms with Crippen molar-refractivity contribution < 1.29 is 4.79 Å². The van der Waals surface area contributed by atoms with E-state index in [1.165, 1.54) is 117 Å². The second-order valence-corrected chi connectivity index (χ2v) is 12.2. The van der Waals surface area contributed by atoms with E-state index in [4.69, 9.17) is 0 Å². The Hall–Kier alpha value is -2.66. The molecule has 2 nitrogen and oxygen atoms in total. The maximum Gasteiger partial charge on any atom is 0.303 e. The first-order valence-electron chi connectivity index (χ1n) is 17.6. The van der Waals surface area contributed by atoms with E-state index in [9.17, 15) is 5.53 Å². The number of unbranched alkanes of at least 4 members (excludes halogenated alkanes) is 12. The lowest BCUT2D eigenvalue weighted by Crippen LogP contribution is -2.02. The molecule has 2 aromatic carbocycles. The van der Waals surface area contributed by atoms with Gasteiger partial charge in [0.05, 0.1) is 5.57 Å². The molecule has 0 heterocycles. The van der Waals surface area contributed by atoms with Crippen LogP contribution in [0, 0.1) is 0 Å². The van der Waals surface area contributed by atoms with Gasteiger partial charge in [0.1, 0.15) is 0 Å². The van der Waals surface area contributed by atoms with Crippen molar-refractivity contribution in [2.24, 2.45) is 0 Å². The van der Waals surface area contributed by atoms with Crippen LogP contribution in [-0.2, 0) is 12.8 Å². The van der Waals surface area contributed by atoms with Crippen LogP contribution in [0.15, 0.2) is 59.7 Å². The Morgan fingerprint density at radius 1 is 0.524 bits per heavy atom. The average Bonchev–Trinajstić information content (AvgIpc) is 3.02. The van der Waals surface area contributed by atoms with E-state index < -0.39 is 0 Å². The normalized spacial score (nSPS) is 11.6. The Labute approximate surface area is 259 Å². The lowest BCUT2D eigenvalue weighted by atomic mass is 9.85. The minimum atomic E-state index is 0.901. The third-order valence-corrected chi connectivity index (χ3v) is 8.53. The molecule has 0 unspecified atom stereocenters. The van der Waals surface area contributed by atoms with Gasteiger partial charge in [-0.15, -0.1) is 4.79 Å². The molecule has 0 fully saturated rings. The number of aryl methyl sites for hydroxylation is 2. The Balaban J connectivity index is 2.45. The number of hydrogen-bond donors (Lipinski definition) is 0. The maximum absolute atomic E-state index is 9.65. The largest absolute Gasteiger partial charge is 0.348 e. The first-order chi connectivity index (χ1) is 20.7. The number of nitrogens with zero attached hydrogens (tertiary/aromatic N) is 2. The average molecular weight is 569 g/mol. The zero-order valence-corrected chi connectivity index (χ0v) is 27.7. The van der Waals surface area contributed by atoms with E-state index >= 15 is 0 Å². The topological polar surface area (TPSA) is 36.4 Å². The summed E-state index contributed by atoms with van der Waals surface area (Å²) in [6.45, 7) is 9.06. The van der Waals surface area contributed by atoms with Crippen molar-refractivity contribution in [1.82, 2.24) is 0 Å². The van der Waals surface area contributed by atoms with Gasteiger partial charge in [0.2, 0.25) is 0 Å². The van der Waals surface area contributed by atoms with Crippen LogP contribution in [0.3, 0.4) is 0 Å². The molecule has 0 aliphatic rings. The van der Waals surface area contributed by atoms with Crippen molar-refractivity contribution in [1.29, 1.82) is 0 Å². The molecule has 0 aliphatic heterocycles. The summed E-state index contributed by atoms with van der Waals surface area (Å²) < 4.78 is 0. The summed E-state index contributed by atoms with van der Waals surface area (Å²) >= 11 is 0. The van der Waals surface area contributed by atoms with E-state index in [2.05, 4.69) is 86.9 Å². The number of benzene rings is 2.